The third-order valence-corrected chi connectivity index (χ3v) is 15.8. The molecule has 3 amide bonds. The van der Waals surface area contributed by atoms with Crippen LogP contribution in [0.3, 0.4) is 0 Å². The van der Waals surface area contributed by atoms with Crippen LogP contribution >= 0.6 is 0 Å². The van der Waals surface area contributed by atoms with E-state index in [9.17, 15) is 32.4 Å². The summed E-state index contributed by atoms with van der Waals surface area (Å²) in [5.74, 6) is -0.597. The molecule has 1 fully saturated rings. The number of Topliss-reactive ketones (excluding diaryl/α,β-unsaturated/α-hetero) is 1. The highest BCUT2D eigenvalue weighted by atomic mass is 32.2. The maximum absolute atomic E-state index is 14.1. The number of rotatable bonds is 22. The fraction of sp³-hybridized carbons (Fsp3) is 0.500. The van der Waals surface area contributed by atoms with Crippen molar-refractivity contribution < 1.29 is 56.1 Å². The molecule has 0 spiro atoms. The number of nitrogen functional groups attached to an aromatic ring is 1. The van der Waals surface area contributed by atoms with Gasteiger partial charge in [0.2, 0.25) is 15.8 Å². The molecule has 2 aliphatic rings. The number of carbonyl (C=O) groups is 5. The molecule has 76 heavy (non-hydrogen) atoms. The molecule has 4 N–H and O–H groups in total. The second-order valence-electron chi connectivity index (χ2n) is 20.7. The largest absolute Gasteiger partial charge is 0.493 e. The summed E-state index contributed by atoms with van der Waals surface area (Å²) in [5, 5.41) is 5.84. The Morgan fingerprint density at radius 1 is 0.895 bits per heavy atom. The Morgan fingerprint density at radius 2 is 1.66 bits per heavy atom. The number of nitrogens with one attached hydrogen (secondary N) is 2. The summed E-state index contributed by atoms with van der Waals surface area (Å²) in [4.78, 5) is 69.4. The van der Waals surface area contributed by atoms with Gasteiger partial charge >= 0.3 is 12.1 Å². The molecular weight excluding hydrogens is 991 g/mol. The number of esters is 1. The molecule has 17 nitrogen and oxygen atoms in total. The number of benzene rings is 4. The van der Waals surface area contributed by atoms with E-state index in [0.717, 1.165) is 16.7 Å². The first kappa shape index (κ1) is 58.6. The van der Waals surface area contributed by atoms with Crippen LogP contribution in [0.25, 0.3) is 0 Å². The predicted molar refractivity (Wildman–Crippen MR) is 289 cm³/mol. The Morgan fingerprint density at radius 3 is 2.38 bits per heavy atom. The standard InChI is InChI=1S/C58H77N5O12S/c1-40(2)38-62(76(69,70)47-25-23-44(59)24-26-47)34-30-45(36-41-16-9-7-10-17-41)61-57(68)73-35-14-8-12-32-60-52(64)39-74-46-19-15-18-43(37-46)50-27-21-42-22-28-51(71-5)53(72-6)48(42)29-31-58(3,4)54(65)55(66)63-33-13-11-20-49(63)56(67)75-50/h7,9-10,15-19,22-26,28,37,40,45,49-50H,8,11-14,20-21,27,29-36,38-39,59H2,1-6H3,(H,60,64)(H,61,68). The quantitative estimate of drug-likeness (QED) is 0.0293. The number of anilines is 1. The van der Waals surface area contributed by atoms with E-state index in [-0.39, 0.29) is 43.0 Å². The van der Waals surface area contributed by atoms with Crippen molar-refractivity contribution in [3.63, 3.8) is 0 Å². The molecule has 2 heterocycles. The van der Waals surface area contributed by atoms with Gasteiger partial charge in [0, 0.05) is 48.9 Å². The summed E-state index contributed by atoms with van der Waals surface area (Å²) in [7, 11) is -0.694. The fourth-order valence-corrected chi connectivity index (χ4v) is 11.3. The van der Waals surface area contributed by atoms with Gasteiger partial charge in [-0.1, -0.05) is 76.2 Å². The maximum atomic E-state index is 14.1. The summed E-state index contributed by atoms with van der Waals surface area (Å²) in [6, 6.07) is 25.3. The molecule has 4 aromatic rings. The van der Waals surface area contributed by atoms with E-state index in [1.165, 1.54) is 21.3 Å². The van der Waals surface area contributed by atoms with Gasteiger partial charge in [0.25, 0.3) is 11.8 Å². The third-order valence-electron chi connectivity index (χ3n) is 14.0. The zero-order chi connectivity index (χ0) is 54.8. The fourth-order valence-electron chi connectivity index (χ4n) is 9.67. The van der Waals surface area contributed by atoms with E-state index in [1.54, 1.807) is 58.4 Å². The zero-order valence-electron chi connectivity index (χ0n) is 45.0. The molecule has 0 aliphatic carbocycles. The van der Waals surface area contributed by atoms with Crippen LogP contribution in [-0.2, 0) is 57.9 Å². The molecule has 4 aromatic carbocycles. The topological polar surface area (TPSA) is 222 Å². The zero-order valence-corrected chi connectivity index (χ0v) is 45.8. The van der Waals surface area contributed by atoms with Crippen LogP contribution in [0.15, 0.2) is 95.9 Å². The predicted octanol–water partition coefficient (Wildman–Crippen LogP) is 8.17. The molecule has 3 unspecified atom stereocenters. The van der Waals surface area contributed by atoms with Crippen molar-refractivity contribution in [2.24, 2.45) is 11.3 Å². The number of carbonyl (C=O) groups excluding carboxylic acids is 5. The molecule has 0 aromatic heterocycles. The Hall–Kier alpha value is -6.66. The summed E-state index contributed by atoms with van der Waals surface area (Å²) in [5.41, 5.74) is 8.69. The van der Waals surface area contributed by atoms with E-state index in [1.807, 2.05) is 62.4 Å². The Labute approximate surface area is 448 Å². The number of alkyl carbamates (subject to hydrolysis) is 1. The number of aryl methyl sites for hydroxylation is 1. The smallest absolute Gasteiger partial charge is 0.407 e. The first-order valence-electron chi connectivity index (χ1n) is 26.5. The molecule has 6 rings (SSSR count). The lowest BCUT2D eigenvalue weighted by molar-refractivity contribution is -0.164. The number of fused-ring (bicyclic) bond motifs is 2. The number of nitrogens with two attached hydrogens (primary N) is 1. The number of sulfonamides is 1. The van der Waals surface area contributed by atoms with Gasteiger partial charge in [0.1, 0.15) is 17.9 Å². The Balaban J connectivity index is 1.00. The third kappa shape index (κ3) is 16.4. The van der Waals surface area contributed by atoms with Crippen LogP contribution < -0.4 is 30.6 Å². The maximum Gasteiger partial charge on any atom is 0.407 e. The van der Waals surface area contributed by atoms with Crippen LogP contribution in [-0.4, -0.2) is 113 Å². The van der Waals surface area contributed by atoms with Crippen LogP contribution in [0.1, 0.15) is 114 Å². The monoisotopic (exact) mass is 1070 g/mol. The highest BCUT2D eigenvalue weighted by Crippen LogP contribution is 2.39. The van der Waals surface area contributed by atoms with Gasteiger partial charge in [0.15, 0.2) is 18.1 Å². The first-order valence-corrected chi connectivity index (χ1v) is 27.9. The summed E-state index contributed by atoms with van der Waals surface area (Å²) in [6.45, 7) is 8.48. The van der Waals surface area contributed by atoms with Gasteiger partial charge in [-0.25, -0.2) is 18.0 Å². The number of amides is 3. The Kier molecular flexibility index (Phi) is 21.5. The number of nitrogens with zero attached hydrogens (tertiary/aromatic N) is 2. The average Bonchev–Trinajstić information content (AvgIpc) is 3.41. The van der Waals surface area contributed by atoms with E-state index in [0.29, 0.717) is 119 Å². The lowest BCUT2D eigenvalue weighted by Gasteiger charge is -2.36. The van der Waals surface area contributed by atoms with Gasteiger partial charge in [-0.2, -0.15) is 4.31 Å². The summed E-state index contributed by atoms with van der Waals surface area (Å²) in [6.07, 6.45) is 4.77. The molecule has 412 valence electrons. The van der Waals surface area contributed by atoms with Gasteiger partial charge < -0.3 is 45.0 Å². The van der Waals surface area contributed by atoms with E-state index in [2.05, 4.69) is 10.6 Å². The minimum absolute atomic E-state index is 0.0636. The van der Waals surface area contributed by atoms with E-state index < -0.39 is 57.4 Å². The minimum atomic E-state index is -3.82. The molecule has 3 atom stereocenters. The van der Waals surface area contributed by atoms with Crippen molar-refractivity contribution in [3.8, 4) is 17.2 Å². The van der Waals surface area contributed by atoms with Crippen LogP contribution in [0.5, 0.6) is 17.2 Å². The second-order valence-corrected chi connectivity index (χ2v) is 22.6. The van der Waals surface area contributed by atoms with E-state index >= 15 is 0 Å². The van der Waals surface area contributed by atoms with Gasteiger partial charge in [-0.15, -0.1) is 0 Å². The minimum Gasteiger partial charge on any atom is -0.493 e. The number of unbranched alkanes of at least 4 members (excludes halogenated alkanes) is 2. The van der Waals surface area contributed by atoms with Crippen molar-refractivity contribution in [1.29, 1.82) is 0 Å². The summed E-state index contributed by atoms with van der Waals surface area (Å²) < 4.78 is 58.1. The molecule has 18 heteroatoms. The number of ether oxygens (including phenoxy) is 5. The number of methoxy groups -OCH3 is 2. The van der Waals surface area contributed by atoms with Gasteiger partial charge in [-0.3, -0.25) is 14.4 Å². The normalized spacial score (nSPS) is 17.6. The number of piperidine rings is 1. The van der Waals surface area contributed by atoms with Crippen molar-refractivity contribution >= 4 is 45.4 Å². The van der Waals surface area contributed by atoms with E-state index in [4.69, 9.17) is 29.4 Å². The molecule has 2 aliphatic heterocycles. The lowest BCUT2D eigenvalue weighted by Crippen LogP contribution is -2.53. The molecule has 0 bridgehead atoms. The number of cyclic esters (lactones) is 1. The van der Waals surface area contributed by atoms with Crippen molar-refractivity contribution in [1.82, 2.24) is 19.8 Å². The molecule has 0 saturated carbocycles. The van der Waals surface area contributed by atoms with Gasteiger partial charge in [0.05, 0.1) is 25.7 Å². The van der Waals surface area contributed by atoms with Crippen LogP contribution in [0.4, 0.5) is 10.5 Å². The average molecular weight is 1070 g/mol. The SMILES string of the molecule is COc1ccc2c(c1OC)CCC(C)(C)C(=O)C(=O)N1CCCCC1C(=O)OC(c1cccc(OCC(=O)NCCCCCOC(=O)NC(CCN(CC(C)C)S(=O)(=O)c3ccc(N)cc3)Cc3ccccc3)c1)CC2. The van der Waals surface area contributed by atoms with Crippen molar-refractivity contribution in [2.75, 3.05) is 59.3 Å². The summed E-state index contributed by atoms with van der Waals surface area (Å²) >= 11 is 0. The number of hydrogen-bond acceptors (Lipinski definition) is 13. The first-order chi connectivity index (χ1) is 36.4. The highest BCUT2D eigenvalue weighted by Gasteiger charge is 2.42. The van der Waals surface area contributed by atoms with Crippen LogP contribution in [0, 0.1) is 11.3 Å². The number of hydrogen-bond donors (Lipinski definition) is 3. The number of ketones is 1. The molecular formula is C58H77N5O12S. The molecule has 0 radical (unpaired) electrons. The van der Waals surface area contributed by atoms with Crippen molar-refractivity contribution in [3.05, 3.63) is 113 Å². The molecule has 1 saturated heterocycles. The van der Waals surface area contributed by atoms with Crippen molar-refractivity contribution in [2.45, 2.75) is 128 Å². The highest BCUT2D eigenvalue weighted by molar-refractivity contribution is 7.89. The lowest BCUT2D eigenvalue weighted by atomic mass is 9.80. The van der Waals surface area contributed by atoms with Gasteiger partial charge in [-0.05, 0) is 142 Å². The second kappa shape index (κ2) is 27.9. The van der Waals surface area contributed by atoms with Crippen LogP contribution in [0.2, 0.25) is 0 Å². The Bertz CT molecular complexity index is 2700.